The van der Waals surface area contributed by atoms with E-state index in [0.717, 1.165) is 37.1 Å². The van der Waals surface area contributed by atoms with Gasteiger partial charge in [-0.3, -0.25) is 4.79 Å². The van der Waals surface area contributed by atoms with Gasteiger partial charge >= 0.3 is 0 Å². The van der Waals surface area contributed by atoms with Crippen molar-refractivity contribution in [2.75, 3.05) is 0 Å². The molecule has 0 N–H and O–H groups in total. The number of carbonyl (C=O) groups excluding carboxylic acids is 1. The minimum atomic E-state index is -0.371. The molecular formula is C17H28N4O. The van der Waals surface area contributed by atoms with E-state index in [1.165, 1.54) is 6.42 Å². The Morgan fingerprint density at radius 1 is 1.23 bits per heavy atom. The van der Waals surface area contributed by atoms with Crippen LogP contribution in [-0.4, -0.2) is 26.0 Å². The van der Waals surface area contributed by atoms with Crippen LogP contribution < -0.4 is 0 Å². The van der Waals surface area contributed by atoms with E-state index >= 15 is 0 Å². The molecule has 0 saturated carbocycles. The molecule has 122 valence electrons. The predicted molar refractivity (Wildman–Crippen MR) is 86.5 cm³/mol. The predicted octanol–water partition coefficient (Wildman–Crippen LogP) is 3.46. The van der Waals surface area contributed by atoms with Gasteiger partial charge in [0.2, 0.25) is 0 Å². The second kappa shape index (κ2) is 6.31. The lowest BCUT2D eigenvalue weighted by Gasteiger charge is -2.26. The Kier molecular flexibility index (Phi) is 4.83. The molecule has 1 aliphatic carbocycles. The van der Waals surface area contributed by atoms with Gasteiger partial charge in [-0.1, -0.05) is 40.7 Å². The minimum absolute atomic E-state index is 0.0937. The van der Waals surface area contributed by atoms with E-state index in [-0.39, 0.29) is 16.6 Å². The summed E-state index contributed by atoms with van der Waals surface area (Å²) in [6, 6.07) is 0. The molecule has 0 atom stereocenters. The van der Waals surface area contributed by atoms with Crippen molar-refractivity contribution in [3.05, 3.63) is 17.5 Å². The molecular weight excluding hydrogens is 276 g/mol. The molecule has 0 saturated heterocycles. The third-order valence-corrected chi connectivity index (χ3v) is 4.35. The summed E-state index contributed by atoms with van der Waals surface area (Å²) >= 11 is 0. The average Bonchev–Trinajstić information content (AvgIpc) is 2.94. The maximum Gasteiger partial charge on any atom is 0.164 e. The van der Waals surface area contributed by atoms with Crippen molar-refractivity contribution in [3.63, 3.8) is 0 Å². The lowest BCUT2D eigenvalue weighted by atomic mass is 9.78. The molecule has 0 bridgehead atoms. The molecule has 1 heterocycles. The molecule has 1 aromatic heterocycles. The fourth-order valence-corrected chi connectivity index (χ4v) is 2.87. The Hall–Kier alpha value is -1.52. The van der Waals surface area contributed by atoms with Crippen LogP contribution in [0.2, 0.25) is 0 Å². The number of allylic oxidation sites excluding steroid dienone is 2. The zero-order valence-corrected chi connectivity index (χ0v) is 14.5. The monoisotopic (exact) mass is 304 g/mol. The SMILES string of the molecule is CC(C)(CCn1nnnc1C(C)(C)C)C(=O)C1=CCCCC1. The van der Waals surface area contributed by atoms with Gasteiger partial charge in [-0.05, 0) is 48.1 Å². The lowest BCUT2D eigenvalue weighted by Crippen LogP contribution is -2.29. The Morgan fingerprint density at radius 2 is 1.95 bits per heavy atom. The van der Waals surface area contributed by atoms with Crippen LogP contribution in [0.4, 0.5) is 0 Å². The Morgan fingerprint density at radius 3 is 2.55 bits per heavy atom. The van der Waals surface area contributed by atoms with E-state index in [1.54, 1.807) is 0 Å². The number of hydrogen-bond donors (Lipinski definition) is 0. The van der Waals surface area contributed by atoms with Crippen molar-refractivity contribution >= 4 is 5.78 Å². The number of carbonyl (C=O) groups is 1. The number of hydrogen-bond acceptors (Lipinski definition) is 4. The number of Topliss-reactive ketones (excluding diaryl/α,β-unsaturated/α-hetero) is 1. The van der Waals surface area contributed by atoms with Crippen LogP contribution in [0.1, 0.15) is 72.5 Å². The highest BCUT2D eigenvalue weighted by molar-refractivity contribution is 5.99. The maximum atomic E-state index is 12.7. The highest BCUT2D eigenvalue weighted by atomic mass is 16.1. The van der Waals surface area contributed by atoms with Crippen molar-refractivity contribution in [2.24, 2.45) is 5.41 Å². The van der Waals surface area contributed by atoms with E-state index in [9.17, 15) is 4.79 Å². The first-order valence-electron chi connectivity index (χ1n) is 8.22. The fraction of sp³-hybridized carbons (Fsp3) is 0.765. The summed E-state index contributed by atoms with van der Waals surface area (Å²) < 4.78 is 1.84. The third kappa shape index (κ3) is 3.81. The molecule has 5 nitrogen and oxygen atoms in total. The van der Waals surface area contributed by atoms with Crippen LogP contribution in [-0.2, 0) is 16.8 Å². The Bertz CT molecular complexity index is 563. The number of tetrazole rings is 1. The largest absolute Gasteiger partial charge is 0.294 e. The minimum Gasteiger partial charge on any atom is -0.294 e. The van der Waals surface area contributed by atoms with Gasteiger partial charge in [-0.25, -0.2) is 4.68 Å². The molecule has 1 aromatic rings. The molecule has 5 heteroatoms. The van der Waals surface area contributed by atoms with Crippen LogP contribution in [0.3, 0.4) is 0 Å². The summed E-state index contributed by atoms with van der Waals surface area (Å²) in [6.07, 6.45) is 7.19. The standard InChI is InChI=1S/C17H28N4O/c1-16(2,3)15-18-19-20-21(15)12-11-17(4,5)14(22)13-9-7-6-8-10-13/h9H,6-8,10-12H2,1-5H3. The van der Waals surface area contributed by atoms with Gasteiger partial charge in [0.25, 0.3) is 0 Å². The average molecular weight is 304 g/mol. The summed E-state index contributed by atoms with van der Waals surface area (Å²) in [4.78, 5) is 12.7. The highest BCUT2D eigenvalue weighted by Crippen LogP contribution is 2.31. The highest BCUT2D eigenvalue weighted by Gasteiger charge is 2.31. The maximum absolute atomic E-state index is 12.7. The number of aromatic nitrogens is 4. The van der Waals surface area contributed by atoms with Crippen molar-refractivity contribution in [1.82, 2.24) is 20.2 Å². The van der Waals surface area contributed by atoms with Gasteiger partial charge < -0.3 is 0 Å². The first-order chi connectivity index (χ1) is 10.2. The zero-order valence-electron chi connectivity index (χ0n) is 14.5. The molecule has 1 aliphatic rings. The molecule has 22 heavy (non-hydrogen) atoms. The molecule has 0 unspecified atom stereocenters. The molecule has 0 aromatic carbocycles. The molecule has 0 spiro atoms. The van der Waals surface area contributed by atoms with E-state index in [0.29, 0.717) is 6.54 Å². The van der Waals surface area contributed by atoms with Gasteiger partial charge in [0, 0.05) is 17.4 Å². The van der Waals surface area contributed by atoms with Crippen LogP contribution in [0.25, 0.3) is 0 Å². The first-order valence-corrected chi connectivity index (χ1v) is 8.22. The topological polar surface area (TPSA) is 60.7 Å². The number of ketones is 1. The van der Waals surface area contributed by atoms with Crippen molar-refractivity contribution in [3.8, 4) is 0 Å². The van der Waals surface area contributed by atoms with Crippen LogP contribution in [0, 0.1) is 5.41 Å². The summed E-state index contributed by atoms with van der Waals surface area (Å²) in [5.74, 6) is 1.16. The van der Waals surface area contributed by atoms with Gasteiger partial charge in [0.05, 0.1) is 0 Å². The summed E-state index contributed by atoms with van der Waals surface area (Å²) in [7, 11) is 0. The smallest absolute Gasteiger partial charge is 0.164 e. The summed E-state index contributed by atoms with van der Waals surface area (Å²) in [5.41, 5.74) is 0.553. The van der Waals surface area contributed by atoms with Crippen molar-refractivity contribution in [1.29, 1.82) is 0 Å². The van der Waals surface area contributed by atoms with Gasteiger partial charge in [0.1, 0.15) is 0 Å². The normalized spacial score (nSPS) is 16.5. The van der Waals surface area contributed by atoms with Crippen LogP contribution in [0.15, 0.2) is 11.6 Å². The Labute approximate surface area is 133 Å². The number of nitrogens with zero attached hydrogens (tertiary/aromatic N) is 4. The summed E-state index contributed by atoms with van der Waals surface area (Å²) in [5, 5.41) is 12.0. The second-order valence-electron chi connectivity index (χ2n) is 7.91. The van der Waals surface area contributed by atoms with E-state index in [4.69, 9.17) is 0 Å². The van der Waals surface area contributed by atoms with Crippen molar-refractivity contribution in [2.45, 2.75) is 78.7 Å². The Balaban J connectivity index is 2.05. The van der Waals surface area contributed by atoms with Crippen LogP contribution >= 0.6 is 0 Å². The molecule has 0 aliphatic heterocycles. The van der Waals surface area contributed by atoms with Gasteiger partial charge in [-0.15, -0.1) is 5.10 Å². The third-order valence-electron chi connectivity index (χ3n) is 4.35. The van der Waals surface area contributed by atoms with Crippen LogP contribution in [0.5, 0.6) is 0 Å². The number of rotatable bonds is 5. The van der Waals surface area contributed by atoms with Crippen molar-refractivity contribution < 1.29 is 4.79 Å². The molecule has 0 radical (unpaired) electrons. The lowest BCUT2D eigenvalue weighted by molar-refractivity contribution is -0.124. The molecule has 0 amide bonds. The quantitative estimate of drug-likeness (QED) is 0.836. The fourth-order valence-electron chi connectivity index (χ4n) is 2.87. The number of aryl methyl sites for hydroxylation is 1. The summed E-state index contributed by atoms with van der Waals surface area (Å²) in [6.45, 7) is 11.0. The van der Waals surface area contributed by atoms with E-state index in [2.05, 4.69) is 42.4 Å². The van der Waals surface area contributed by atoms with Gasteiger partial charge in [-0.2, -0.15) is 0 Å². The second-order valence-corrected chi connectivity index (χ2v) is 7.91. The first kappa shape index (κ1) is 16.8. The molecule has 0 fully saturated rings. The molecule has 2 rings (SSSR count). The van der Waals surface area contributed by atoms with Gasteiger partial charge in [0.15, 0.2) is 11.6 Å². The van der Waals surface area contributed by atoms with E-state index in [1.807, 2.05) is 18.5 Å². The van der Waals surface area contributed by atoms with E-state index < -0.39 is 0 Å². The zero-order chi connectivity index (χ0) is 16.4.